The average Bonchev–Trinajstić information content (AvgIpc) is 2.26. The van der Waals surface area contributed by atoms with Crippen molar-refractivity contribution < 1.29 is 19.4 Å². The summed E-state index contributed by atoms with van der Waals surface area (Å²) in [5, 5.41) is 9.14. The van der Waals surface area contributed by atoms with Crippen LogP contribution in [0.4, 0.5) is 0 Å². The van der Waals surface area contributed by atoms with Crippen LogP contribution in [0.1, 0.15) is 17.3 Å². The minimum absolute atomic E-state index is 0.337. The third-order valence-electron chi connectivity index (χ3n) is 2.05. The zero-order valence-corrected chi connectivity index (χ0v) is 8.98. The Morgan fingerprint density at radius 2 is 1.87 bits per heavy atom. The van der Waals surface area contributed by atoms with E-state index in [1.54, 1.807) is 18.2 Å². The summed E-state index contributed by atoms with van der Waals surface area (Å²) in [6, 6.07) is 4.78. The van der Waals surface area contributed by atoms with E-state index in [0.29, 0.717) is 17.1 Å². The van der Waals surface area contributed by atoms with Crippen LogP contribution in [0.2, 0.25) is 0 Å². The maximum atomic E-state index is 11.5. The molecule has 0 saturated carbocycles. The van der Waals surface area contributed by atoms with Gasteiger partial charge in [0.15, 0.2) is 17.3 Å². The van der Waals surface area contributed by atoms with Crippen LogP contribution in [0.15, 0.2) is 18.2 Å². The summed E-state index contributed by atoms with van der Waals surface area (Å²) in [6.45, 7) is 1.43. The summed E-state index contributed by atoms with van der Waals surface area (Å²) >= 11 is 0. The molecule has 0 amide bonds. The fourth-order valence-electron chi connectivity index (χ4n) is 1.23. The molecule has 1 aromatic carbocycles. The zero-order valence-electron chi connectivity index (χ0n) is 8.98. The molecule has 0 aliphatic carbocycles. The molecule has 4 heteroatoms. The second-order valence-corrected chi connectivity index (χ2v) is 3.11. The highest BCUT2D eigenvalue weighted by molar-refractivity contribution is 5.99. The molecule has 4 nitrogen and oxygen atoms in total. The number of aliphatic hydroxyl groups excluding tert-OH is 1. The largest absolute Gasteiger partial charge is 0.493 e. The van der Waals surface area contributed by atoms with Crippen LogP contribution < -0.4 is 9.47 Å². The number of ether oxygens (including phenoxy) is 2. The van der Waals surface area contributed by atoms with Crippen LogP contribution in [0, 0.1) is 0 Å². The molecule has 0 saturated heterocycles. The van der Waals surface area contributed by atoms with Crippen molar-refractivity contribution in [1.29, 1.82) is 0 Å². The van der Waals surface area contributed by atoms with Crippen molar-refractivity contribution in [2.75, 3.05) is 14.2 Å². The van der Waals surface area contributed by atoms with E-state index in [-0.39, 0.29) is 5.78 Å². The predicted octanol–water partition coefficient (Wildman–Crippen LogP) is 1.27. The Bertz CT molecular complexity index is 358. The quantitative estimate of drug-likeness (QED) is 0.760. The Kier molecular flexibility index (Phi) is 3.68. The molecule has 1 atom stereocenters. The molecule has 0 fully saturated rings. The van der Waals surface area contributed by atoms with Crippen molar-refractivity contribution in [3.63, 3.8) is 0 Å². The van der Waals surface area contributed by atoms with Crippen LogP contribution in [0.3, 0.4) is 0 Å². The van der Waals surface area contributed by atoms with Crippen LogP contribution in [0.25, 0.3) is 0 Å². The fourth-order valence-corrected chi connectivity index (χ4v) is 1.23. The number of carbonyl (C=O) groups is 1. The molecular weight excluding hydrogens is 196 g/mol. The molecule has 0 spiro atoms. The third kappa shape index (κ3) is 2.47. The number of aliphatic hydroxyl groups is 1. The Morgan fingerprint density at radius 3 is 2.33 bits per heavy atom. The monoisotopic (exact) mass is 210 g/mol. The van der Waals surface area contributed by atoms with E-state index in [1.807, 2.05) is 0 Å². The van der Waals surface area contributed by atoms with Crippen molar-refractivity contribution in [3.8, 4) is 11.5 Å². The lowest BCUT2D eigenvalue weighted by Gasteiger charge is -2.09. The maximum absolute atomic E-state index is 11.5. The molecule has 1 rings (SSSR count). The number of ketones is 1. The average molecular weight is 210 g/mol. The van der Waals surface area contributed by atoms with Gasteiger partial charge in [-0.2, -0.15) is 0 Å². The standard InChI is InChI=1S/C11H14O4/c1-7(12)11(13)8-4-5-9(14-2)10(6-8)15-3/h4-7,12H,1-3H3/t7-/m0/s1. The Morgan fingerprint density at radius 1 is 1.27 bits per heavy atom. The summed E-state index contributed by atoms with van der Waals surface area (Å²) in [7, 11) is 3.02. The lowest BCUT2D eigenvalue weighted by molar-refractivity contribution is 0.0779. The van der Waals surface area contributed by atoms with Crippen molar-refractivity contribution in [1.82, 2.24) is 0 Å². The van der Waals surface area contributed by atoms with Crippen LogP contribution in [-0.2, 0) is 0 Å². The number of carbonyl (C=O) groups excluding carboxylic acids is 1. The number of hydrogen-bond acceptors (Lipinski definition) is 4. The van der Waals surface area contributed by atoms with Crippen molar-refractivity contribution in [3.05, 3.63) is 23.8 Å². The van der Waals surface area contributed by atoms with Crippen molar-refractivity contribution in [2.45, 2.75) is 13.0 Å². The molecule has 0 bridgehead atoms. The predicted molar refractivity (Wildman–Crippen MR) is 55.6 cm³/mol. The molecule has 0 aliphatic heterocycles. The smallest absolute Gasteiger partial charge is 0.191 e. The van der Waals surface area contributed by atoms with Gasteiger partial charge in [0.05, 0.1) is 14.2 Å². The molecule has 82 valence electrons. The van der Waals surface area contributed by atoms with Gasteiger partial charge in [0.2, 0.25) is 0 Å². The molecule has 0 aliphatic rings. The van der Waals surface area contributed by atoms with Gasteiger partial charge >= 0.3 is 0 Å². The number of Topliss-reactive ketones (excluding diaryl/α,β-unsaturated/α-hetero) is 1. The Hall–Kier alpha value is -1.55. The second-order valence-electron chi connectivity index (χ2n) is 3.11. The highest BCUT2D eigenvalue weighted by atomic mass is 16.5. The minimum atomic E-state index is -1.01. The van der Waals surface area contributed by atoms with Crippen LogP contribution in [-0.4, -0.2) is 31.2 Å². The molecule has 0 heterocycles. The molecule has 0 unspecified atom stereocenters. The first-order valence-corrected chi connectivity index (χ1v) is 4.54. The third-order valence-corrected chi connectivity index (χ3v) is 2.05. The van der Waals surface area contributed by atoms with Gasteiger partial charge in [0.1, 0.15) is 6.10 Å². The van der Waals surface area contributed by atoms with E-state index >= 15 is 0 Å². The summed E-state index contributed by atoms with van der Waals surface area (Å²) in [5.74, 6) is 0.694. The number of benzene rings is 1. The van der Waals surface area contributed by atoms with Gasteiger partial charge in [-0.3, -0.25) is 4.79 Å². The molecule has 0 radical (unpaired) electrons. The topological polar surface area (TPSA) is 55.8 Å². The first-order chi connectivity index (χ1) is 7.10. The van der Waals surface area contributed by atoms with E-state index in [2.05, 4.69) is 0 Å². The summed E-state index contributed by atoms with van der Waals surface area (Å²) in [6.07, 6.45) is -1.01. The van der Waals surface area contributed by atoms with Gasteiger partial charge in [0.25, 0.3) is 0 Å². The summed E-state index contributed by atoms with van der Waals surface area (Å²) in [4.78, 5) is 11.5. The molecule has 15 heavy (non-hydrogen) atoms. The van der Waals surface area contributed by atoms with E-state index < -0.39 is 6.10 Å². The maximum Gasteiger partial charge on any atom is 0.191 e. The highest BCUT2D eigenvalue weighted by Gasteiger charge is 2.14. The van der Waals surface area contributed by atoms with Gasteiger partial charge < -0.3 is 14.6 Å². The minimum Gasteiger partial charge on any atom is -0.493 e. The number of hydrogen-bond donors (Lipinski definition) is 1. The highest BCUT2D eigenvalue weighted by Crippen LogP contribution is 2.27. The van der Waals surface area contributed by atoms with Crippen molar-refractivity contribution in [2.24, 2.45) is 0 Å². The molecule has 1 N–H and O–H groups in total. The first kappa shape index (κ1) is 11.5. The van der Waals surface area contributed by atoms with E-state index in [1.165, 1.54) is 21.1 Å². The normalized spacial score (nSPS) is 12.0. The van der Waals surface area contributed by atoms with Crippen LogP contribution in [0.5, 0.6) is 11.5 Å². The SMILES string of the molecule is COc1ccc(C(=O)[C@H](C)O)cc1OC. The van der Waals surface area contributed by atoms with Gasteiger partial charge in [-0.1, -0.05) is 0 Å². The first-order valence-electron chi connectivity index (χ1n) is 4.54. The lowest BCUT2D eigenvalue weighted by atomic mass is 10.1. The van der Waals surface area contributed by atoms with Gasteiger partial charge in [-0.25, -0.2) is 0 Å². The molecule has 1 aromatic rings. The van der Waals surface area contributed by atoms with Crippen molar-refractivity contribution >= 4 is 5.78 Å². The number of methoxy groups -OCH3 is 2. The summed E-state index contributed by atoms with van der Waals surface area (Å²) in [5.41, 5.74) is 0.405. The fraction of sp³-hybridized carbons (Fsp3) is 0.364. The summed E-state index contributed by atoms with van der Waals surface area (Å²) < 4.78 is 10.1. The molecular formula is C11H14O4. The van der Waals surface area contributed by atoms with E-state index in [9.17, 15) is 4.79 Å². The second kappa shape index (κ2) is 4.79. The van der Waals surface area contributed by atoms with Crippen LogP contribution >= 0.6 is 0 Å². The Labute approximate surface area is 88.4 Å². The lowest BCUT2D eigenvalue weighted by Crippen LogP contribution is -2.16. The number of rotatable bonds is 4. The van der Waals surface area contributed by atoms with Gasteiger partial charge in [0, 0.05) is 5.56 Å². The zero-order chi connectivity index (χ0) is 11.4. The van der Waals surface area contributed by atoms with E-state index in [0.717, 1.165) is 0 Å². The molecule has 0 aromatic heterocycles. The van der Waals surface area contributed by atoms with Gasteiger partial charge in [-0.15, -0.1) is 0 Å². The van der Waals surface area contributed by atoms with E-state index in [4.69, 9.17) is 14.6 Å². The Balaban J connectivity index is 3.08. The van der Waals surface area contributed by atoms with Gasteiger partial charge in [-0.05, 0) is 25.1 Å².